The molecule has 1 fully saturated rings. The van der Waals surface area contributed by atoms with Gasteiger partial charge in [0, 0.05) is 11.3 Å². The first-order valence-corrected chi connectivity index (χ1v) is 13.6. The van der Waals surface area contributed by atoms with Crippen LogP contribution in [0.1, 0.15) is 101 Å². The number of carbonyl (C=O) groups excluding carboxylic acids is 1. The molecule has 1 atom stereocenters. The predicted octanol–water partition coefficient (Wildman–Crippen LogP) is 7.60. The van der Waals surface area contributed by atoms with Crippen molar-refractivity contribution in [3.63, 3.8) is 0 Å². The first-order valence-electron chi connectivity index (χ1n) is 13.6. The van der Waals surface area contributed by atoms with Crippen LogP contribution in [0.2, 0.25) is 0 Å². The Morgan fingerprint density at radius 1 is 0.974 bits per heavy atom. The number of aliphatic carboxylic acids is 1. The Hall–Kier alpha value is -3.41. The van der Waals surface area contributed by atoms with Crippen molar-refractivity contribution >= 4 is 22.6 Å². The van der Waals surface area contributed by atoms with Crippen LogP contribution >= 0.6 is 0 Å². The van der Waals surface area contributed by atoms with Gasteiger partial charge >= 0.3 is 5.97 Å². The second kappa shape index (κ2) is 10.8. The van der Waals surface area contributed by atoms with Gasteiger partial charge in [-0.2, -0.15) is 0 Å². The number of ether oxygens (including phenoxy) is 1. The number of amides is 1. The molecule has 6 nitrogen and oxygen atoms in total. The van der Waals surface area contributed by atoms with E-state index in [9.17, 15) is 14.7 Å². The lowest BCUT2D eigenvalue weighted by Gasteiger charge is -2.24. The fourth-order valence-corrected chi connectivity index (χ4v) is 5.15. The highest BCUT2D eigenvalue weighted by Crippen LogP contribution is 2.38. The molecule has 6 heteroatoms. The third-order valence-corrected chi connectivity index (χ3v) is 7.18. The van der Waals surface area contributed by atoms with Gasteiger partial charge < -0.3 is 15.2 Å². The number of carboxylic acids is 1. The number of nitrogens with one attached hydrogen (secondary N) is 1. The van der Waals surface area contributed by atoms with Crippen LogP contribution in [0.3, 0.4) is 0 Å². The van der Waals surface area contributed by atoms with Gasteiger partial charge in [-0.3, -0.25) is 4.79 Å². The summed E-state index contributed by atoms with van der Waals surface area (Å²) in [7, 11) is 0. The molecule has 1 amide bonds. The highest BCUT2D eigenvalue weighted by molar-refractivity contribution is 5.99. The summed E-state index contributed by atoms with van der Waals surface area (Å²) in [4.78, 5) is 29.9. The Bertz CT molecular complexity index is 1310. The van der Waals surface area contributed by atoms with Crippen LogP contribution < -0.4 is 10.1 Å². The van der Waals surface area contributed by atoms with Crippen LogP contribution in [0.25, 0.3) is 10.8 Å². The third-order valence-electron chi connectivity index (χ3n) is 7.18. The number of carbonyl (C=O) groups is 2. The van der Waals surface area contributed by atoms with Gasteiger partial charge in [-0.15, -0.1) is 0 Å². The van der Waals surface area contributed by atoms with E-state index in [1.165, 1.54) is 5.56 Å². The minimum atomic E-state index is -1.04. The van der Waals surface area contributed by atoms with Crippen LogP contribution in [0.4, 0.5) is 0 Å². The molecule has 202 valence electrons. The monoisotopic (exact) mass is 516 g/mol. The summed E-state index contributed by atoms with van der Waals surface area (Å²) in [5.74, 6) is 0.249. The predicted molar refractivity (Wildman–Crippen MR) is 151 cm³/mol. The second-order valence-corrected chi connectivity index (χ2v) is 12.8. The van der Waals surface area contributed by atoms with Gasteiger partial charge in [0.15, 0.2) is 0 Å². The minimum Gasteiger partial charge on any atom is -0.480 e. The summed E-state index contributed by atoms with van der Waals surface area (Å²) in [5, 5.41) is 14.3. The number of pyridine rings is 1. The zero-order chi connectivity index (χ0) is 27.7. The number of hydrogen-bond donors (Lipinski definition) is 2. The fourth-order valence-electron chi connectivity index (χ4n) is 5.15. The van der Waals surface area contributed by atoms with Crippen molar-refractivity contribution in [2.75, 3.05) is 0 Å². The van der Waals surface area contributed by atoms with Crippen LogP contribution in [-0.4, -0.2) is 28.0 Å². The highest BCUT2D eigenvalue weighted by Gasteiger charge is 2.28. The van der Waals surface area contributed by atoms with Crippen LogP contribution in [0.15, 0.2) is 48.5 Å². The zero-order valence-electron chi connectivity index (χ0n) is 23.4. The van der Waals surface area contributed by atoms with Gasteiger partial charge in [0.25, 0.3) is 5.91 Å². The number of aromatic nitrogens is 1. The molecule has 0 spiro atoms. The van der Waals surface area contributed by atoms with Crippen molar-refractivity contribution < 1.29 is 19.4 Å². The SMILES string of the molecule is CC(C)(C)C[C@H](NC(=O)c1cc2ccc(Oc3ccc(C(C)(C)C)cc3)cc2c(C2CCCC2)n1)C(=O)O. The maximum Gasteiger partial charge on any atom is 0.326 e. The number of fused-ring (bicyclic) bond motifs is 1. The average molecular weight is 517 g/mol. The summed E-state index contributed by atoms with van der Waals surface area (Å²) in [6.45, 7) is 12.4. The standard InChI is InChI=1S/C32H40N2O4/c1-31(2,3)19-27(30(36)37)34-29(35)26-17-21-11-14-24(18-25(21)28(33-26)20-9-7-8-10-20)38-23-15-12-22(13-16-23)32(4,5)6/h11-18,20,27H,7-10,19H2,1-6H3,(H,34,35)(H,36,37)/t27-/m0/s1. The summed E-state index contributed by atoms with van der Waals surface area (Å²) >= 11 is 0. The average Bonchev–Trinajstić information content (AvgIpc) is 3.36. The third kappa shape index (κ3) is 6.72. The maximum absolute atomic E-state index is 13.2. The van der Waals surface area contributed by atoms with Gasteiger partial charge in [-0.1, -0.05) is 72.6 Å². The summed E-state index contributed by atoms with van der Waals surface area (Å²) < 4.78 is 6.20. The molecule has 2 aromatic carbocycles. The van der Waals surface area contributed by atoms with Gasteiger partial charge in [0.1, 0.15) is 23.2 Å². The lowest BCUT2D eigenvalue weighted by molar-refractivity contribution is -0.140. The van der Waals surface area contributed by atoms with Crippen LogP contribution in [0, 0.1) is 5.41 Å². The number of benzene rings is 2. The van der Waals surface area contributed by atoms with E-state index < -0.39 is 17.9 Å². The Morgan fingerprint density at radius 2 is 1.61 bits per heavy atom. The number of rotatable bonds is 7. The molecular weight excluding hydrogens is 476 g/mol. The van der Waals surface area contributed by atoms with Crippen molar-refractivity contribution in [1.82, 2.24) is 10.3 Å². The summed E-state index contributed by atoms with van der Waals surface area (Å²) in [6.07, 6.45) is 4.64. The number of carboxylic acid groups (broad SMARTS) is 1. The minimum absolute atomic E-state index is 0.0740. The van der Waals surface area contributed by atoms with E-state index in [0.717, 1.165) is 53.6 Å². The van der Waals surface area contributed by atoms with Crippen molar-refractivity contribution in [3.8, 4) is 11.5 Å². The molecule has 4 rings (SSSR count). The van der Waals surface area contributed by atoms with E-state index in [1.807, 2.05) is 51.1 Å². The smallest absolute Gasteiger partial charge is 0.326 e. The maximum atomic E-state index is 13.2. The van der Waals surface area contributed by atoms with Gasteiger partial charge in [0.05, 0.1) is 5.69 Å². The summed E-state index contributed by atoms with van der Waals surface area (Å²) in [6, 6.07) is 14.8. The molecule has 38 heavy (non-hydrogen) atoms. The molecule has 0 bridgehead atoms. The molecule has 0 aliphatic heterocycles. The molecule has 0 unspecified atom stereocenters. The first kappa shape index (κ1) is 27.6. The van der Waals surface area contributed by atoms with E-state index in [1.54, 1.807) is 6.07 Å². The quantitative estimate of drug-likeness (QED) is 0.337. The second-order valence-electron chi connectivity index (χ2n) is 12.8. The molecule has 0 saturated heterocycles. The molecule has 0 radical (unpaired) electrons. The molecule has 1 saturated carbocycles. The Morgan fingerprint density at radius 3 is 2.18 bits per heavy atom. The normalized spacial score (nSPS) is 15.4. The molecule has 2 N–H and O–H groups in total. The molecule has 1 aliphatic rings. The van der Waals surface area contributed by atoms with E-state index in [0.29, 0.717) is 6.42 Å². The van der Waals surface area contributed by atoms with Gasteiger partial charge in [0.2, 0.25) is 0 Å². The van der Waals surface area contributed by atoms with Gasteiger partial charge in [-0.25, -0.2) is 9.78 Å². The van der Waals surface area contributed by atoms with Crippen molar-refractivity contribution in [1.29, 1.82) is 0 Å². The Labute approximate surface area is 225 Å². The van der Waals surface area contributed by atoms with Gasteiger partial charge in [-0.05, 0) is 71.4 Å². The van der Waals surface area contributed by atoms with Crippen molar-refractivity contribution in [2.45, 2.75) is 91.0 Å². The molecule has 1 aliphatic carbocycles. The van der Waals surface area contributed by atoms with E-state index in [2.05, 4.69) is 38.2 Å². The van der Waals surface area contributed by atoms with Crippen LogP contribution in [0.5, 0.6) is 11.5 Å². The first-order chi connectivity index (χ1) is 17.8. The zero-order valence-corrected chi connectivity index (χ0v) is 23.4. The summed E-state index contributed by atoms with van der Waals surface area (Å²) in [5.41, 5.74) is 2.22. The lowest BCUT2D eigenvalue weighted by Crippen LogP contribution is -2.43. The largest absolute Gasteiger partial charge is 0.480 e. The number of nitrogens with zero attached hydrogens (tertiary/aromatic N) is 1. The molecular formula is C32H40N2O4. The lowest BCUT2D eigenvalue weighted by atomic mass is 9.87. The Balaban J connectivity index is 1.65. The Kier molecular flexibility index (Phi) is 7.82. The molecule has 3 aromatic rings. The van der Waals surface area contributed by atoms with Crippen molar-refractivity contribution in [2.24, 2.45) is 5.41 Å². The fraction of sp³-hybridized carbons (Fsp3) is 0.469. The van der Waals surface area contributed by atoms with Crippen LogP contribution in [-0.2, 0) is 10.2 Å². The van der Waals surface area contributed by atoms with Crippen molar-refractivity contribution in [3.05, 3.63) is 65.5 Å². The van der Waals surface area contributed by atoms with E-state index in [-0.39, 0.29) is 22.4 Å². The number of hydrogen-bond acceptors (Lipinski definition) is 4. The highest BCUT2D eigenvalue weighted by atomic mass is 16.5. The molecule has 1 heterocycles. The van der Waals surface area contributed by atoms with E-state index >= 15 is 0 Å². The topological polar surface area (TPSA) is 88.5 Å². The molecule has 1 aromatic heterocycles. The van der Waals surface area contributed by atoms with E-state index in [4.69, 9.17) is 9.72 Å².